The molecular weight excluding hydrogens is 345 g/mol. The molecule has 2 aromatic heterocycles. The quantitative estimate of drug-likeness (QED) is 0.661. The predicted molar refractivity (Wildman–Crippen MR) is 102 cm³/mol. The SMILES string of the molecule is C[C@H]1C[C@@H]2CCN1CCNc1ccn3ncc(c3n1)-c1cc(ccc1F)O2. The third-order valence-electron chi connectivity index (χ3n) is 5.57. The Bertz CT molecular complexity index is 988. The summed E-state index contributed by atoms with van der Waals surface area (Å²) in [6.07, 6.45) is 5.60. The average Bonchev–Trinajstić information content (AvgIpc) is 3.07. The molecule has 6 bridgehead atoms. The number of aromatic nitrogens is 3. The lowest BCUT2D eigenvalue weighted by atomic mass is 10.0. The second-order valence-electron chi connectivity index (χ2n) is 7.36. The third-order valence-corrected chi connectivity index (χ3v) is 5.57. The maximum absolute atomic E-state index is 14.6. The minimum Gasteiger partial charge on any atom is -0.490 e. The molecule has 1 aromatic carbocycles. The summed E-state index contributed by atoms with van der Waals surface area (Å²) in [5, 5.41) is 7.71. The lowest BCUT2D eigenvalue weighted by Gasteiger charge is -2.37. The monoisotopic (exact) mass is 367 g/mol. The van der Waals surface area contributed by atoms with E-state index in [2.05, 4.69) is 27.2 Å². The van der Waals surface area contributed by atoms with E-state index in [-0.39, 0.29) is 11.9 Å². The molecule has 0 spiro atoms. The molecule has 27 heavy (non-hydrogen) atoms. The van der Waals surface area contributed by atoms with Crippen LogP contribution in [0.1, 0.15) is 19.8 Å². The molecule has 5 heterocycles. The zero-order valence-corrected chi connectivity index (χ0v) is 15.2. The number of hydrogen-bond donors (Lipinski definition) is 1. The molecule has 3 aromatic rings. The van der Waals surface area contributed by atoms with Crippen molar-refractivity contribution in [2.24, 2.45) is 0 Å². The van der Waals surface area contributed by atoms with Crippen molar-refractivity contribution < 1.29 is 9.13 Å². The van der Waals surface area contributed by atoms with Crippen LogP contribution in [0.15, 0.2) is 36.7 Å². The van der Waals surface area contributed by atoms with E-state index in [4.69, 9.17) is 4.74 Å². The summed E-state index contributed by atoms with van der Waals surface area (Å²) in [5.74, 6) is 1.17. The van der Waals surface area contributed by atoms with E-state index in [1.807, 2.05) is 12.3 Å². The van der Waals surface area contributed by atoms with Crippen LogP contribution in [0.25, 0.3) is 16.8 Å². The van der Waals surface area contributed by atoms with Crippen molar-refractivity contribution in [3.63, 3.8) is 0 Å². The summed E-state index contributed by atoms with van der Waals surface area (Å²) in [7, 11) is 0. The number of rotatable bonds is 0. The Balaban J connectivity index is 1.63. The summed E-state index contributed by atoms with van der Waals surface area (Å²) in [4.78, 5) is 7.14. The molecule has 3 atom stereocenters. The summed E-state index contributed by atoms with van der Waals surface area (Å²) >= 11 is 0. The van der Waals surface area contributed by atoms with Gasteiger partial charge in [0.15, 0.2) is 5.65 Å². The number of benzene rings is 1. The highest BCUT2D eigenvalue weighted by molar-refractivity contribution is 5.78. The molecule has 6 rings (SSSR count). The van der Waals surface area contributed by atoms with Gasteiger partial charge in [0.05, 0.1) is 6.20 Å². The first-order valence-corrected chi connectivity index (χ1v) is 9.46. The largest absolute Gasteiger partial charge is 0.490 e. The van der Waals surface area contributed by atoms with Gasteiger partial charge in [-0.15, -0.1) is 0 Å². The number of ether oxygens (including phenoxy) is 1. The minimum absolute atomic E-state index is 0.152. The van der Waals surface area contributed by atoms with Gasteiger partial charge in [-0.3, -0.25) is 4.90 Å². The Kier molecular flexibility index (Phi) is 3.97. The second kappa shape index (κ2) is 6.49. The fourth-order valence-electron chi connectivity index (χ4n) is 4.08. The van der Waals surface area contributed by atoms with Gasteiger partial charge in [-0.05, 0) is 44.0 Å². The van der Waals surface area contributed by atoms with Crippen LogP contribution in [0, 0.1) is 5.82 Å². The molecule has 1 N–H and O–H groups in total. The van der Waals surface area contributed by atoms with E-state index in [0.717, 1.165) is 38.3 Å². The van der Waals surface area contributed by atoms with E-state index < -0.39 is 0 Å². The molecule has 0 amide bonds. The maximum atomic E-state index is 14.6. The van der Waals surface area contributed by atoms with Crippen LogP contribution in [0.3, 0.4) is 0 Å². The molecule has 3 aliphatic heterocycles. The zero-order chi connectivity index (χ0) is 18.4. The summed E-state index contributed by atoms with van der Waals surface area (Å²) in [5.41, 5.74) is 1.76. The highest BCUT2D eigenvalue weighted by Gasteiger charge is 2.27. The van der Waals surface area contributed by atoms with Crippen LogP contribution < -0.4 is 10.1 Å². The normalized spacial score (nSPS) is 24.9. The number of fused-ring (bicyclic) bond motifs is 4. The first-order chi connectivity index (χ1) is 13.2. The van der Waals surface area contributed by atoms with Gasteiger partial charge in [-0.25, -0.2) is 13.9 Å². The molecule has 0 radical (unpaired) electrons. The molecule has 6 nitrogen and oxygen atoms in total. The van der Waals surface area contributed by atoms with Crippen molar-refractivity contribution in [3.05, 3.63) is 42.5 Å². The van der Waals surface area contributed by atoms with E-state index >= 15 is 0 Å². The molecule has 7 heteroatoms. The van der Waals surface area contributed by atoms with Gasteiger partial charge >= 0.3 is 0 Å². The van der Waals surface area contributed by atoms with E-state index in [9.17, 15) is 4.39 Å². The summed E-state index contributed by atoms with van der Waals surface area (Å²) in [6.45, 7) is 5.01. The Morgan fingerprint density at radius 1 is 1.22 bits per heavy atom. The van der Waals surface area contributed by atoms with Crippen molar-refractivity contribution in [3.8, 4) is 16.9 Å². The Morgan fingerprint density at radius 3 is 3.04 bits per heavy atom. The van der Waals surface area contributed by atoms with Crippen LogP contribution >= 0.6 is 0 Å². The van der Waals surface area contributed by atoms with Gasteiger partial charge < -0.3 is 10.1 Å². The maximum Gasteiger partial charge on any atom is 0.165 e. The molecule has 3 aliphatic rings. The Morgan fingerprint density at radius 2 is 2.15 bits per heavy atom. The number of nitrogens with zero attached hydrogens (tertiary/aromatic N) is 4. The van der Waals surface area contributed by atoms with Gasteiger partial charge in [0.2, 0.25) is 0 Å². The first-order valence-electron chi connectivity index (χ1n) is 9.46. The predicted octanol–water partition coefficient (Wildman–Crippen LogP) is 3.19. The van der Waals surface area contributed by atoms with Crippen LogP contribution in [-0.4, -0.2) is 51.3 Å². The smallest absolute Gasteiger partial charge is 0.165 e. The highest BCUT2D eigenvalue weighted by atomic mass is 19.1. The lowest BCUT2D eigenvalue weighted by Crippen LogP contribution is -2.46. The van der Waals surface area contributed by atoms with E-state index in [0.29, 0.717) is 28.6 Å². The molecule has 1 saturated heterocycles. The van der Waals surface area contributed by atoms with Crippen LogP contribution in [0.5, 0.6) is 5.75 Å². The van der Waals surface area contributed by atoms with Gasteiger partial charge in [0.1, 0.15) is 23.5 Å². The zero-order valence-electron chi connectivity index (χ0n) is 15.2. The van der Waals surface area contributed by atoms with Crippen LogP contribution in [0.2, 0.25) is 0 Å². The summed E-state index contributed by atoms with van der Waals surface area (Å²) < 4.78 is 22.5. The summed E-state index contributed by atoms with van der Waals surface area (Å²) in [6, 6.07) is 7.29. The molecular formula is C20H22FN5O. The van der Waals surface area contributed by atoms with Crippen molar-refractivity contribution in [1.82, 2.24) is 19.5 Å². The minimum atomic E-state index is -0.301. The number of hydrogen-bond acceptors (Lipinski definition) is 5. The average molecular weight is 367 g/mol. The van der Waals surface area contributed by atoms with Gasteiger partial charge in [0.25, 0.3) is 0 Å². The highest BCUT2D eigenvalue weighted by Crippen LogP contribution is 2.32. The molecule has 0 aliphatic carbocycles. The van der Waals surface area contributed by atoms with Crippen molar-refractivity contribution in [1.29, 1.82) is 0 Å². The topological polar surface area (TPSA) is 54.7 Å². The van der Waals surface area contributed by atoms with Crippen molar-refractivity contribution >= 4 is 11.5 Å². The van der Waals surface area contributed by atoms with E-state index in [1.165, 1.54) is 6.07 Å². The standard InChI is InChI=1S/C20H22FN5O/c1-13-10-15-4-7-25(13)9-6-22-19-5-8-26-20(24-19)17(12-23-26)16-11-14(27-15)2-3-18(16)21/h2-3,5,8,11-13,15H,4,6-7,9-10H2,1H3,(H,22,24)/t13-,15-/m0/s1. The number of halogens is 1. The first kappa shape index (κ1) is 16.5. The molecule has 0 saturated carbocycles. The fraction of sp³-hybridized carbons (Fsp3) is 0.400. The van der Waals surface area contributed by atoms with Crippen LogP contribution in [-0.2, 0) is 0 Å². The van der Waals surface area contributed by atoms with Crippen molar-refractivity contribution in [2.75, 3.05) is 25.0 Å². The number of anilines is 1. The van der Waals surface area contributed by atoms with Crippen molar-refractivity contribution in [2.45, 2.75) is 31.9 Å². The Hall–Kier alpha value is -2.67. The number of nitrogens with one attached hydrogen (secondary N) is 1. The number of piperidine rings is 1. The van der Waals surface area contributed by atoms with Gasteiger partial charge in [-0.1, -0.05) is 0 Å². The molecule has 1 fully saturated rings. The van der Waals surface area contributed by atoms with E-state index in [1.54, 1.807) is 22.8 Å². The third kappa shape index (κ3) is 3.02. The lowest BCUT2D eigenvalue weighted by molar-refractivity contribution is 0.0657. The second-order valence-corrected chi connectivity index (χ2v) is 7.36. The molecule has 1 unspecified atom stereocenters. The van der Waals surface area contributed by atoms with Gasteiger partial charge in [0, 0.05) is 43.0 Å². The Labute approximate surface area is 157 Å². The van der Waals surface area contributed by atoms with Crippen LogP contribution in [0.4, 0.5) is 10.2 Å². The van der Waals surface area contributed by atoms with Gasteiger partial charge in [-0.2, -0.15) is 5.10 Å². The molecule has 140 valence electrons. The fourth-order valence-corrected chi connectivity index (χ4v) is 4.08.